The Kier molecular flexibility index (Phi) is 2.63. The second-order valence-electron chi connectivity index (χ2n) is 5.03. The minimum atomic E-state index is -0.0554. The molecule has 0 bridgehead atoms. The average Bonchev–Trinajstić information content (AvgIpc) is 2.36. The zero-order valence-electron chi connectivity index (χ0n) is 10.7. The molecule has 1 aliphatic heterocycles. The molecule has 1 N–H and O–H groups in total. The van der Waals surface area contributed by atoms with E-state index in [1.165, 1.54) is 10.8 Å². The standard InChI is InChI=1S/C15H17NO2/c1-15(9-16-10-15)18-14-6-4-11-7-13(17-2)5-3-12(11)8-14/h3-8,16H,9-10H2,1-2H3. The summed E-state index contributed by atoms with van der Waals surface area (Å²) >= 11 is 0. The minimum absolute atomic E-state index is 0.0554. The van der Waals surface area contributed by atoms with Gasteiger partial charge in [-0.1, -0.05) is 12.1 Å². The highest BCUT2D eigenvalue weighted by atomic mass is 16.5. The first-order valence-corrected chi connectivity index (χ1v) is 6.16. The van der Waals surface area contributed by atoms with Crippen LogP contribution in [0.15, 0.2) is 36.4 Å². The molecule has 0 saturated carbocycles. The Labute approximate surface area is 107 Å². The van der Waals surface area contributed by atoms with Crippen LogP contribution in [-0.2, 0) is 0 Å². The molecular weight excluding hydrogens is 226 g/mol. The molecule has 1 saturated heterocycles. The first kappa shape index (κ1) is 11.4. The van der Waals surface area contributed by atoms with E-state index in [1.54, 1.807) is 7.11 Å². The first-order valence-electron chi connectivity index (χ1n) is 6.16. The molecule has 0 atom stereocenters. The van der Waals surface area contributed by atoms with E-state index in [2.05, 4.69) is 30.4 Å². The monoisotopic (exact) mass is 243 g/mol. The highest BCUT2D eigenvalue weighted by Gasteiger charge is 2.33. The molecule has 0 spiro atoms. The van der Waals surface area contributed by atoms with E-state index in [-0.39, 0.29) is 5.60 Å². The van der Waals surface area contributed by atoms with Crippen LogP contribution in [0.1, 0.15) is 6.92 Å². The van der Waals surface area contributed by atoms with Crippen LogP contribution >= 0.6 is 0 Å². The SMILES string of the molecule is COc1ccc2cc(OC3(C)CNC3)ccc2c1. The Morgan fingerprint density at radius 1 is 1.00 bits per heavy atom. The van der Waals surface area contributed by atoms with Crippen molar-refractivity contribution in [3.05, 3.63) is 36.4 Å². The Bertz CT molecular complexity index is 576. The fraction of sp³-hybridized carbons (Fsp3) is 0.333. The van der Waals surface area contributed by atoms with E-state index in [9.17, 15) is 0 Å². The van der Waals surface area contributed by atoms with Crippen LogP contribution in [0.5, 0.6) is 11.5 Å². The molecule has 0 aliphatic carbocycles. The molecule has 0 amide bonds. The topological polar surface area (TPSA) is 30.5 Å². The molecule has 2 aromatic rings. The van der Waals surface area contributed by atoms with Crippen molar-refractivity contribution >= 4 is 10.8 Å². The van der Waals surface area contributed by atoms with Crippen LogP contribution in [-0.4, -0.2) is 25.8 Å². The van der Waals surface area contributed by atoms with Crippen LogP contribution in [0, 0.1) is 0 Å². The van der Waals surface area contributed by atoms with Crippen molar-refractivity contribution in [2.24, 2.45) is 0 Å². The first-order chi connectivity index (χ1) is 8.68. The molecule has 3 rings (SSSR count). The van der Waals surface area contributed by atoms with Crippen LogP contribution < -0.4 is 14.8 Å². The molecule has 2 aromatic carbocycles. The summed E-state index contributed by atoms with van der Waals surface area (Å²) in [5.41, 5.74) is -0.0554. The lowest BCUT2D eigenvalue weighted by Gasteiger charge is -2.39. The quantitative estimate of drug-likeness (QED) is 0.898. The Morgan fingerprint density at radius 3 is 2.17 bits per heavy atom. The van der Waals surface area contributed by atoms with Crippen molar-refractivity contribution in [2.75, 3.05) is 20.2 Å². The molecule has 0 radical (unpaired) electrons. The summed E-state index contributed by atoms with van der Waals surface area (Å²) in [7, 11) is 1.68. The van der Waals surface area contributed by atoms with Gasteiger partial charge in [0.15, 0.2) is 0 Å². The van der Waals surface area contributed by atoms with Gasteiger partial charge in [-0.3, -0.25) is 0 Å². The van der Waals surface area contributed by atoms with Gasteiger partial charge in [0.05, 0.1) is 7.11 Å². The van der Waals surface area contributed by atoms with E-state index in [1.807, 2.05) is 18.2 Å². The maximum Gasteiger partial charge on any atom is 0.131 e. The highest BCUT2D eigenvalue weighted by molar-refractivity contribution is 5.85. The summed E-state index contributed by atoms with van der Waals surface area (Å²) in [6.07, 6.45) is 0. The van der Waals surface area contributed by atoms with Crippen LogP contribution in [0.25, 0.3) is 10.8 Å². The van der Waals surface area contributed by atoms with Gasteiger partial charge >= 0.3 is 0 Å². The lowest BCUT2D eigenvalue weighted by molar-refractivity contribution is 0.0350. The summed E-state index contributed by atoms with van der Waals surface area (Å²) in [5.74, 6) is 1.81. The fourth-order valence-electron chi connectivity index (χ4n) is 2.23. The van der Waals surface area contributed by atoms with Crippen LogP contribution in [0.4, 0.5) is 0 Å². The normalized spacial score (nSPS) is 17.2. The number of fused-ring (bicyclic) bond motifs is 1. The second-order valence-corrected chi connectivity index (χ2v) is 5.03. The zero-order valence-corrected chi connectivity index (χ0v) is 10.7. The van der Waals surface area contributed by atoms with Gasteiger partial charge in [0.25, 0.3) is 0 Å². The lowest BCUT2D eigenvalue weighted by Crippen LogP contribution is -2.60. The van der Waals surface area contributed by atoms with Crippen molar-refractivity contribution in [1.82, 2.24) is 5.32 Å². The van der Waals surface area contributed by atoms with E-state index in [4.69, 9.17) is 9.47 Å². The molecule has 0 unspecified atom stereocenters. The van der Waals surface area contributed by atoms with E-state index < -0.39 is 0 Å². The maximum atomic E-state index is 6.01. The van der Waals surface area contributed by atoms with Crippen molar-refractivity contribution in [2.45, 2.75) is 12.5 Å². The van der Waals surface area contributed by atoms with Crippen molar-refractivity contribution in [1.29, 1.82) is 0 Å². The van der Waals surface area contributed by atoms with Gasteiger partial charge < -0.3 is 14.8 Å². The van der Waals surface area contributed by atoms with E-state index in [0.717, 1.165) is 24.6 Å². The van der Waals surface area contributed by atoms with Gasteiger partial charge in [-0.25, -0.2) is 0 Å². The Hall–Kier alpha value is -1.74. The second kappa shape index (κ2) is 4.18. The molecule has 1 fully saturated rings. The Morgan fingerprint density at radius 2 is 1.61 bits per heavy atom. The van der Waals surface area contributed by atoms with Gasteiger partial charge in [0, 0.05) is 13.1 Å². The van der Waals surface area contributed by atoms with Crippen molar-refractivity contribution < 1.29 is 9.47 Å². The van der Waals surface area contributed by atoms with Crippen LogP contribution in [0.3, 0.4) is 0 Å². The summed E-state index contributed by atoms with van der Waals surface area (Å²) in [5, 5.41) is 5.57. The molecule has 18 heavy (non-hydrogen) atoms. The summed E-state index contributed by atoms with van der Waals surface area (Å²) in [4.78, 5) is 0. The molecule has 0 aromatic heterocycles. The third-order valence-corrected chi connectivity index (χ3v) is 3.38. The summed E-state index contributed by atoms with van der Waals surface area (Å²) in [6, 6.07) is 12.2. The van der Waals surface area contributed by atoms with Gasteiger partial charge in [-0.05, 0) is 42.0 Å². The number of ether oxygens (including phenoxy) is 2. The zero-order chi connectivity index (χ0) is 12.6. The third-order valence-electron chi connectivity index (χ3n) is 3.38. The minimum Gasteiger partial charge on any atom is -0.497 e. The number of hydrogen-bond donors (Lipinski definition) is 1. The lowest BCUT2D eigenvalue weighted by atomic mass is 10.00. The van der Waals surface area contributed by atoms with Gasteiger partial charge in [0.2, 0.25) is 0 Å². The van der Waals surface area contributed by atoms with Crippen molar-refractivity contribution in [3.63, 3.8) is 0 Å². The smallest absolute Gasteiger partial charge is 0.131 e. The molecule has 3 nitrogen and oxygen atoms in total. The van der Waals surface area contributed by atoms with E-state index >= 15 is 0 Å². The van der Waals surface area contributed by atoms with Crippen molar-refractivity contribution in [3.8, 4) is 11.5 Å². The number of nitrogens with one attached hydrogen (secondary N) is 1. The Balaban J connectivity index is 1.91. The molecule has 1 heterocycles. The molecule has 94 valence electrons. The van der Waals surface area contributed by atoms with Gasteiger partial charge in [0.1, 0.15) is 17.1 Å². The van der Waals surface area contributed by atoms with Crippen LogP contribution in [0.2, 0.25) is 0 Å². The number of rotatable bonds is 3. The summed E-state index contributed by atoms with van der Waals surface area (Å²) < 4.78 is 11.2. The predicted octanol–water partition coefficient (Wildman–Crippen LogP) is 2.59. The fourth-order valence-corrected chi connectivity index (χ4v) is 2.23. The maximum absolute atomic E-state index is 6.01. The predicted molar refractivity (Wildman–Crippen MR) is 72.4 cm³/mol. The third kappa shape index (κ3) is 2.02. The number of benzene rings is 2. The van der Waals surface area contributed by atoms with Gasteiger partial charge in [-0.15, -0.1) is 0 Å². The summed E-state index contributed by atoms with van der Waals surface area (Å²) in [6.45, 7) is 3.95. The largest absolute Gasteiger partial charge is 0.497 e. The highest BCUT2D eigenvalue weighted by Crippen LogP contribution is 2.27. The van der Waals surface area contributed by atoms with Gasteiger partial charge in [-0.2, -0.15) is 0 Å². The molecule has 1 aliphatic rings. The van der Waals surface area contributed by atoms with E-state index in [0.29, 0.717) is 0 Å². The average molecular weight is 243 g/mol. The number of methoxy groups -OCH3 is 1. The molecule has 3 heteroatoms. The molecular formula is C15H17NO2. The number of hydrogen-bond acceptors (Lipinski definition) is 3.